The van der Waals surface area contributed by atoms with Gasteiger partial charge < -0.3 is 14.6 Å². The summed E-state index contributed by atoms with van der Waals surface area (Å²) in [5.41, 5.74) is 3.55. The quantitative estimate of drug-likeness (QED) is 0.705. The molecular weight excluding hydrogens is 414 g/mol. The van der Waals surface area contributed by atoms with Crippen LogP contribution in [0.25, 0.3) is 5.57 Å². The van der Waals surface area contributed by atoms with Crippen LogP contribution in [0.1, 0.15) is 55.7 Å². The number of aryl methyl sites for hydroxylation is 2. The maximum atomic E-state index is 10.9. The fourth-order valence-electron chi connectivity index (χ4n) is 4.08. The lowest BCUT2D eigenvalue weighted by Crippen LogP contribution is -2.86. The minimum atomic E-state index is -0.421. The third-order valence-corrected chi connectivity index (χ3v) is 6.14. The monoisotopic (exact) mass is 438 g/mol. The fourth-order valence-corrected chi connectivity index (χ4v) is 4.98. The van der Waals surface area contributed by atoms with E-state index >= 15 is 0 Å². The molecule has 1 spiro atoms. The van der Waals surface area contributed by atoms with Crippen molar-refractivity contribution in [2.75, 3.05) is 7.11 Å². The molecule has 6 heteroatoms. The van der Waals surface area contributed by atoms with E-state index in [9.17, 15) is 5.11 Å². The zero-order chi connectivity index (χ0) is 18.9. The van der Waals surface area contributed by atoms with E-state index in [-0.39, 0.29) is 11.1 Å². The van der Waals surface area contributed by atoms with Gasteiger partial charge in [0.25, 0.3) is 0 Å². The summed E-state index contributed by atoms with van der Waals surface area (Å²) < 4.78 is 12.1. The smallest absolute Gasteiger partial charge is 0.371 e. The van der Waals surface area contributed by atoms with Gasteiger partial charge in [-0.05, 0) is 43.4 Å². The zero-order valence-electron chi connectivity index (χ0n) is 15.4. The molecule has 1 saturated carbocycles. The van der Waals surface area contributed by atoms with Gasteiger partial charge in [-0.15, -0.1) is 0 Å². The van der Waals surface area contributed by atoms with Crippen molar-refractivity contribution in [1.29, 1.82) is 0 Å². The van der Waals surface area contributed by atoms with Crippen LogP contribution in [-0.2, 0) is 15.9 Å². The molecule has 140 valence electrons. The van der Waals surface area contributed by atoms with Gasteiger partial charge in [0.15, 0.2) is 5.76 Å². The van der Waals surface area contributed by atoms with E-state index in [0.29, 0.717) is 11.3 Å². The van der Waals surface area contributed by atoms with Crippen molar-refractivity contribution in [3.05, 3.63) is 39.1 Å². The molecule has 2 aliphatic rings. The lowest BCUT2D eigenvalue weighted by atomic mass is 9.80. The summed E-state index contributed by atoms with van der Waals surface area (Å²) in [6, 6.07) is 4.21. The molecule has 26 heavy (non-hydrogen) atoms. The molecule has 0 radical (unpaired) electrons. The van der Waals surface area contributed by atoms with Crippen LogP contribution in [0.5, 0.6) is 0 Å². The molecule has 0 saturated heterocycles. The summed E-state index contributed by atoms with van der Waals surface area (Å²) in [6.07, 6.45) is 5.99. The molecule has 1 aliphatic carbocycles. The van der Waals surface area contributed by atoms with Crippen LogP contribution < -0.4 is 4.99 Å². The van der Waals surface area contributed by atoms with Gasteiger partial charge in [0.1, 0.15) is 5.57 Å². The maximum Gasteiger partial charge on any atom is 0.371 e. The summed E-state index contributed by atoms with van der Waals surface area (Å²) in [7, 11) is 1.50. The number of ether oxygens (including phenoxy) is 2. The molecule has 1 aromatic carbocycles. The van der Waals surface area contributed by atoms with Crippen LogP contribution in [0.4, 0.5) is 0 Å². The molecule has 1 heterocycles. The Morgan fingerprint density at radius 2 is 2.00 bits per heavy atom. The van der Waals surface area contributed by atoms with Crippen LogP contribution in [0.15, 0.2) is 22.4 Å². The molecule has 0 amide bonds. The van der Waals surface area contributed by atoms with Crippen molar-refractivity contribution in [2.24, 2.45) is 0 Å². The number of thiocarbonyl (C=S) groups is 1. The van der Waals surface area contributed by atoms with Gasteiger partial charge in [0.05, 0.1) is 7.11 Å². The lowest BCUT2D eigenvalue weighted by Gasteiger charge is -2.28. The van der Waals surface area contributed by atoms with E-state index in [2.05, 4.69) is 46.9 Å². The summed E-state index contributed by atoms with van der Waals surface area (Å²) >= 11 is 8.89. The zero-order valence-corrected chi connectivity index (χ0v) is 17.8. The minimum absolute atomic E-state index is 0.0697. The topological polar surface area (TPSA) is 52.7 Å². The molecule has 3 rings (SSSR count). The number of rotatable bonds is 3. The SMILES string of the molecule is CCc1cc(C)cc(Br)c1C1=C(OC(=S)OC)C2(CCCCC2)[NH+]=C1O. The Kier molecular flexibility index (Phi) is 5.72. The van der Waals surface area contributed by atoms with Crippen molar-refractivity contribution < 1.29 is 19.6 Å². The molecular formula is C20H25BrNO3S+. The Labute approximate surface area is 168 Å². The third kappa shape index (κ3) is 3.41. The number of halogens is 1. The second-order valence-electron chi connectivity index (χ2n) is 7.01. The van der Waals surface area contributed by atoms with Gasteiger partial charge in [-0.1, -0.05) is 35.3 Å². The van der Waals surface area contributed by atoms with Crippen LogP contribution >= 0.6 is 28.1 Å². The maximum absolute atomic E-state index is 10.9. The van der Waals surface area contributed by atoms with Crippen molar-refractivity contribution in [3.63, 3.8) is 0 Å². The Hall–Kier alpha value is -1.40. The molecule has 0 bridgehead atoms. The summed E-state index contributed by atoms with van der Waals surface area (Å²) in [4.78, 5) is 3.33. The Morgan fingerprint density at radius 1 is 1.31 bits per heavy atom. The number of aliphatic hydroxyl groups excluding tert-OH is 1. The first-order valence-electron chi connectivity index (χ1n) is 9.06. The van der Waals surface area contributed by atoms with Crippen LogP contribution in [0.3, 0.4) is 0 Å². The fraction of sp³-hybridized carbons (Fsp3) is 0.500. The summed E-state index contributed by atoms with van der Waals surface area (Å²) in [5, 5.41) is 11.0. The van der Waals surface area contributed by atoms with E-state index < -0.39 is 5.54 Å². The van der Waals surface area contributed by atoms with Crippen LogP contribution in [0.2, 0.25) is 0 Å². The first-order chi connectivity index (χ1) is 12.4. The minimum Gasteiger partial charge on any atom is -0.460 e. The van der Waals surface area contributed by atoms with Crippen LogP contribution in [-0.4, -0.2) is 28.9 Å². The van der Waals surface area contributed by atoms with E-state index in [1.807, 2.05) is 0 Å². The van der Waals surface area contributed by atoms with E-state index in [1.54, 1.807) is 0 Å². The van der Waals surface area contributed by atoms with Crippen molar-refractivity contribution in [3.8, 4) is 0 Å². The molecule has 1 aliphatic heterocycles. The second-order valence-corrected chi connectivity index (χ2v) is 8.20. The van der Waals surface area contributed by atoms with Crippen molar-refractivity contribution in [2.45, 2.75) is 57.9 Å². The number of methoxy groups -OCH3 is 1. The third-order valence-electron chi connectivity index (χ3n) is 5.26. The van der Waals surface area contributed by atoms with Crippen molar-refractivity contribution >= 4 is 44.9 Å². The van der Waals surface area contributed by atoms with Gasteiger partial charge in [-0.3, -0.25) is 0 Å². The predicted molar refractivity (Wildman–Crippen MR) is 110 cm³/mol. The highest BCUT2D eigenvalue weighted by Crippen LogP contribution is 2.41. The molecule has 2 N–H and O–H groups in total. The number of hydrogen-bond acceptors (Lipinski definition) is 3. The predicted octanol–water partition coefficient (Wildman–Crippen LogP) is 3.73. The number of benzene rings is 1. The highest BCUT2D eigenvalue weighted by Gasteiger charge is 2.52. The molecule has 1 aromatic rings. The number of aliphatic hydroxyl groups is 1. The largest absolute Gasteiger partial charge is 0.460 e. The normalized spacial score (nSPS) is 18.8. The van der Waals surface area contributed by atoms with Crippen molar-refractivity contribution in [1.82, 2.24) is 0 Å². The molecule has 4 nitrogen and oxygen atoms in total. The molecule has 0 atom stereocenters. The van der Waals surface area contributed by atoms with Gasteiger partial charge in [0, 0.05) is 35.1 Å². The van der Waals surface area contributed by atoms with Gasteiger partial charge >= 0.3 is 11.1 Å². The Balaban J connectivity index is 2.24. The van der Waals surface area contributed by atoms with Gasteiger partial charge in [-0.2, -0.15) is 4.99 Å². The first kappa shape index (κ1) is 19.4. The Morgan fingerprint density at radius 3 is 2.62 bits per heavy atom. The highest BCUT2D eigenvalue weighted by atomic mass is 79.9. The van der Waals surface area contributed by atoms with E-state index in [1.165, 1.54) is 19.1 Å². The Bertz CT molecular complexity index is 794. The molecule has 0 aromatic heterocycles. The molecule has 0 unspecified atom stereocenters. The lowest BCUT2D eigenvalue weighted by molar-refractivity contribution is -0.552. The first-order valence-corrected chi connectivity index (χ1v) is 10.3. The average molecular weight is 439 g/mol. The van der Waals surface area contributed by atoms with E-state index in [0.717, 1.165) is 47.7 Å². The highest BCUT2D eigenvalue weighted by molar-refractivity contribution is 9.10. The average Bonchev–Trinajstić information content (AvgIpc) is 2.86. The summed E-state index contributed by atoms with van der Waals surface area (Å²) in [6.45, 7) is 4.18. The number of nitrogens with one attached hydrogen (secondary N) is 1. The molecule has 1 fully saturated rings. The van der Waals surface area contributed by atoms with Crippen LogP contribution in [0, 0.1) is 6.92 Å². The van der Waals surface area contributed by atoms with Gasteiger partial charge in [-0.25, -0.2) is 0 Å². The summed E-state index contributed by atoms with van der Waals surface area (Å²) in [5.74, 6) is 0.834. The van der Waals surface area contributed by atoms with Gasteiger partial charge in [0.2, 0.25) is 5.54 Å². The second kappa shape index (κ2) is 7.69. The number of hydrogen-bond donors (Lipinski definition) is 2. The van der Waals surface area contributed by atoms with E-state index in [4.69, 9.17) is 21.7 Å². The standard InChI is InChI=1S/C20H24BrNO3S/c1-4-13-10-12(2)11-14(21)15(13)16-17(25-19(26)24-3)20(22-18(16)23)8-6-5-7-9-20/h10-11H,4-9H2,1-3H3,(H,22,23)/p+1.